The molecule has 1 aromatic carbocycles. The largest absolute Gasteiger partial charge is 0.354 e. The van der Waals surface area contributed by atoms with Crippen molar-refractivity contribution in [1.29, 1.82) is 0 Å². The Morgan fingerprint density at radius 1 is 1.25 bits per heavy atom. The van der Waals surface area contributed by atoms with Gasteiger partial charge in [0.25, 0.3) is 5.91 Å². The standard InChI is InChI=1S/C18H28N4O.HI/c1-14-7-11-22(12-8-14)18(19-3)21-10-9-20-17(23)16-6-4-5-15(2)13-16;/h4-6,13-14H,7-12H2,1-3H3,(H,19,21)(H,20,23);1H. The summed E-state index contributed by atoms with van der Waals surface area (Å²) in [6.07, 6.45) is 2.43. The molecular formula is C18H29IN4O. The number of aryl methyl sites for hydroxylation is 1. The second-order valence-corrected chi connectivity index (χ2v) is 6.27. The van der Waals surface area contributed by atoms with E-state index in [0.29, 0.717) is 18.7 Å². The number of nitrogens with one attached hydrogen (secondary N) is 2. The summed E-state index contributed by atoms with van der Waals surface area (Å²) in [6.45, 7) is 7.65. The quantitative estimate of drug-likeness (QED) is 0.325. The van der Waals surface area contributed by atoms with Crippen LogP contribution in [0.15, 0.2) is 29.3 Å². The molecule has 0 aliphatic carbocycles. The second-order valence-electron chi connectivity index (χ2n) is 6.27. The maximum Gasteiger partial charge on any atom is 0.251 e. The van der Waals surface area contributed by atoms with Crippen LogP contribution in [0.3, 0.4) is 0 Å². The number of hydrogen-bond acceptors (Lipinski definition) is 2. The summed E-state index contributed by atoms with van der Waals surface area (Å²) in [6, 6.07) is 7.63. The number of aliphatic imine (C=N–C) groups is 1. The molecule has 1 aliphatic heterocycles. The first kappa shape index (κ1) is 20.7. The van der Waals surface area contributed by atoms with E-state index in [1.165, 1.54) is 12.8 Å². The molecule has 1 saturated heterocycles. The lowest BCUT2D eigenvalue weighted by atomic mass is 10.00. The van der Waals surface area contributed by atoms with Crippen LogP contribution in [-0.2, 0) is 0 Å². The number of carbonyl (C=O) groups excluding carboxylic acids is 1. The number of likely N-dealkylation sites (tertiary alicyclic amines) is 1. The number of amides is 1. The molecule has 0 unspecified atom stereocenters. The maximum atomic E-state index is 12.1. The fraction of sp³-hybridized carbons (Fsp3) is 0.556. The third kappa shape index (κ3) is 6.30. The molecule has 1 fully saturated rings. The average molecular weight is 444 g/mol. The molecule has 134 valence electrons. The second kappa shape index (κ2) is 10.5. The third-order valence-corrected chi connectivity index (χ3v) is 4.27. The van der Waals surface area contributed by atoms with Gasteiger partial charge in [-0.1, -0.05) is 24.6 Å². The number of rotatable bonds is 4. The molecule has 6 heteroatoms. The highest BCUT2D eigenvalue weighted by Gasteiger charge is 2.18. The van der Waals surface area contributed by atoms with Gasteiger partial charge in [-0.2, -0.15) is 0 Å². The lowest BCUT2D eigenvalue weighted by Crippen LogP contribution is -2.47. The zero-order valence-electron chi connectivity index (χ0n) is 14.8. The van der Waals surface area contributed by atoms with Crippen molar-refractivity contribution < 1.29 is 4.79 Å². The molecule has 0 atom stereocenters. The maximum absolute atomic E-state index is 12.1. The zero-order chi connectivity index (χ0) is 16.7. The molecule has 0 bridgehead atoms. The van der Waals surface area contributed by atoms with Crippen molar-refractivity contribution in [2.24, 2.45) is 10.9 Å². The topological polar surface area (TPSA) is 56.7 Å². The Kier molecular flexibility index (Phi) is 9.10. The van der Waals surface area contributed by atoms with Crippen LogP contribution in [0.2, 0.25) is 0 Å². The first-order chi connectivity index (χ1) is 11.1. The molecule has 1 aliphatic rings. The predicted molar refractivity (Wildman–Crippen MR) is 110 cm³/mol. The van der Waals surface area contributed by atoms with Gasteiger partial charge in [0, 0.05) is 38.8 Å². The smallest absolute Gasteiger partial charge is 0.251 e. The van der Waals surface area contributed by atoms with Crippen molar-refractivity contribution >= 4 is 35.8 Å². The lowest BCUT2D eigenvalue weighted by molar-refractivity contribution is 0.0954. The Balaban J connectivity index is 0.00000288. The zero-order valence-corrected chi connectivity index (χ0v) is 17.2. The predicted octanol–water partition coefficient (Wildman–Crippen LogP) is 2.65. The molecule has 0 spiro atoms. The summed E-state index contributed by atoms with van der Waals surface area (Å²) in [5.41, 5.74) is 1.80. The van der Waals surface area contributed by atoms with Gasteiger partial charge in [0.1, 0.15) is 0 Å². The minimum absolute atomic E-state index is 0. The Bertz CT molecular complexity index is 554. The van der Waals surface area contributed by atoms with Gasteiger partial charge in [0.05, 0.1) is 0 Å². The number of benzene rings is 1. The van der Waals surface area contributed by atoms with Gasteiger partial charge >= 0.3 is 0 Å². The van der Waals surface area contributed by atoms with Gasteiger partial charge in [-0.05, 0) is 37.8 Å². The summed E-state index contributed by atoms with van der Waals surface area (Å²) >= 11 is 0. The summed E-state index contributed by atoms with van der Waals surface area (Å²) in [4.78, 5) is 18.7. The first-order valence-electron chi connectivity index (χ1n) is 8.40. The molecular weight excluding hydrogens is 415 g/mol. The molecule has 24 heavy (non-hydrogen) atoms. The molecule has 0 aromatic heterocycles. The van der Waals surface area contributed by atoms with Gasteiger partial charge in [0.15, 0.2) is 5.96 Å². The van der Waals surface area contributed by atoms with E-state index >= 15 is 0 Å². The fourth-order valence-corrected chi connectivity index (χ4v) is 2.79. The van der Waals surface area contributed by atoms with Crippen molar-refractivity contribution in [3.05, 3.63) is 35.4 Å². The fourth-order valence-electron chi connectivity index (χ4n) is 2.79. The molecule has 5 nitrogen and oxygen atoms in total. The number of guanidine groups is 1. The summed E-state index contributed by atoms with van der Waals surface area (Å²) in [7, 11) is 1.81. The minimum atomic E-state index is -0.0303. The Morgan fingerprint density at radius 2 is 1.92 bits per heavy atom. The van der Waals surface area contributed by atoms with Crippen LogP contribution in [-0.4, -0.2) is 50.0 Å². The van der Waals surface area contributed by atoms with Gasteiger partial charge < -0.3 is 15.5 Å². The summed E-state index contributed by atoms with van der Waals surface area (Å²) < 4.78 is 0. The van der Waals surface area contributed by atoms with E-state index in [4.69, 9.17) is 0 Å². The van der Waals surface area contributed by atoms with E-state index in [9.17, 15) is 4.79 Å². The van der Waals surface area contributed by atoms with Crippen molar-refractivity contribution in [1.82, 2.24) is 15.5 Å². The van der Waals surface area contributed by atoms with Crippen LogP contribution in [0, 0.1) is 12.8 Å². The Morgan fingerprint density at radius 3 is 2.54 bits per heavy atom. The highest BCUT2D eigenvalue weighted by atomic mass is 127. The average Bonchev–Trinajstić information content (AvgIpc) is 2.56. The van der Waals surface area contributed by atoms with E-state index in [2.05, 4.69) is 27.4 Å². The monoisotopic (exact) mass is 444 g/mol. The molecule has 1 aromatic rings. The highest BCUT2D eigenvalue weighted by Crippen LogP contribution is 2.15. The van der Waals surface area contributed by atoms with Gasteiger partial charge in [-0.15, -0.1) is 24.0 Å². The van der Waals surface area contributed by atoms with Gasteiger partial charge in [-0.25, -0.2) is 0 Å². The third-order valence-electron chi connectivity index (χ3n) is 4.27. The van der Waals surface area contributed by atoms with Crippen LogP contribution >= 0.6 is 24.0 Å². The minimum Gasteiger partial charge on any atom is -0.354 e. The Labute approximate surface area is 162 Å². The van der Waals surface area contributed by atoms with Crippen LogP contribution in [0.4, 0.5) is 0 Å². The number of nitrogens with zero attached hydrogens (tertiary/aromatic N) is 2. The van der Waals surface area contributed by atoms with Crippen molar-refractivity contribution in [2.45, 2.75) is 26.7 Å². The van der Waals surface area contributed by atoms with Crippen LogP contribution in [0.25, 0.3) is 0 Å². The molecule has 2 N–H and O–H groups in total. The van der Waals surface area contributed by atoms with E-state index in [1.807, 2.05) is 38.2 Å². The van der Waals surface area contributed by atoms with E-state index in [1.54, 1.807) is 0 Å². The van der Waals surface area contributed by atoms with Crippen molar-refractivity contribution in [2.75, 3.05) is 33.2 Å². The van der Waals surface area contributed by atoms with Gasteiger partial charge in [0.2, 0.25) is 0 Å². The highest BCUT2D eigenvalue weighted by molar-refractivity contribution is 14.0. The summed E-state index contributed by atoms with van der Waals surface area (Å²) in [5, 5.41) is 6.27. The van der Waals surface area contributed by atoms with Crippen molar-refractivity contribution in [3.8, 4) is 0 Å². The van der Waals surface area contributed by atoms with E-state index in [0.717, 1.165) is 30.5 Å². The van der Waals surface area contributed by atoms with Crippen LogP contribution < -0.4 is 10.6 Å². The molecule has 1 amide bonds. The number of halogens is 1. The lowest BCUT2D eigenvalue weighted by Gasteiger charge is -2.32. The van der Waals surface area contributed by atoms with E-state index in [-0.39, 0.29) is 29.9 Å². The number of piperidine rings is 1. The summed E-state index contributed by atoms with van der Waals surface area (Å²) in [5.74, 6) is 1.71. The number of carbonyl (C=O) groups is 1. The van der Waals surface area contributed by atoms with Gasteiger partial charge in [-0.3, -0.25) is 9.79 Å². The molecule has 0 saturated carbocycles. The SMILES string of the molecule is CN=C(NCCNC(=O)c1cccc(C)c1)N1CCC(C)CC1.I. The molecule has 0 radical (unpaired) electrons. The first-order valence-corrected chi connectivity index (χ1v) is 8.40. The molecule has 2 rings (SSSR count). The Hall–Kier alpha value is -1.31. The van der Waals surface area contributed by atoms with E-state index < -0.39 is 0 Å². The van der Waals surface area contributed by atoms with Crippen LogP contribution in [0.5, 0.6) is 0 Å². The number of hydrogen-bond donors (Lipinski definition) is 2. The van der Waals surface area contributed by atoms with Crippen LogP contribution in [0.1, 0.15) is 35.7 Å². The van der Waals surface area contributed by atoms with Crippen molar-refractivity contribution in [3.63, 3.8) is 0 Å². The molecule has 1 heterocycles. The normalized spacial score (nSPS) is 15.6.